The number of aromatic nitrogens is 1. The van der Waals surface area contributed by atoms with E-state index in [-0.39, 0.29) is 0 Å². The fraction of sp³-hybridized carbons (Fsp3) is 0.364. The molecule has 0 bridgehead atoms. The molecule has 0 N–H and O–H groups in total. The number of aryl methyl sites for hydroxylation is 2. The Labute approximate surface area is 160 Å². The van der Waals surface area contributed by atoms with Crippen LogP contribution in [0, 0.1) is 13.8 Å². The summed E-state index contributed by atoms with van der Waals surface area (Å²) in [6.07, 6.45) is 6.86. The summed E-state index contributed by atoms with van der Waals surface area (Å²) in [5, 5.41) is 7.86. The predicted molar refractivity (Wildman–Crippen MR) is 115 cm³/mol. The van der Waals surface area contributed by atoms with E-state index in [4.69, 9.17) is 10.1 Å². The summed E-state index contributed by atoms with van der Waals surface area (Å²) in [7, 11) is 0. The highest BCUT2D eigenvalue weighted by Crippen LogP contribution is 2.29. The van der Waals surface area contributed by atoms with Gasteiger partial charge in [0, 0.05) is 6.54 Å². The summed E-state index contributed by atoms with van der Waals surface area (Å²) in [6, 6.07) is 14.8. The molecule has 1 aromatic heterocycles. The van der Waals surface area contributed by atoms with Crippen molar-refractivity contribution >= 4 is 32.9 Å². The quantitative estimate of drug-likeness (QED) is 0.265. The van der Waals surface area contributed by atoms with Crippen molar-refractivity contribution < 1.29 is 0 Å². The van der Waals surface area contributed by atoms with Crippen LogP contribution in [0.15, 0.2) is 47.6 Å². The Hall–Kier alpha value is -2.20. The van der Waals surface area contributed by atoms with Crippen LogP contribution >= 0.6 is 11.3 Å². The van der Waals surface area contributed by atoms with Crippen molar-refractivity contribution in [1.29, 1.82) is 0 Å². The third-order valence-electron chi connectivity index (χ3n) is 4.50. The number of nitrogens with zero attached hydrogens (tertiary/aromatic N) is 3. The van der Waals surface area contributed by atoms with Crippen LogP contribution in [0.3, 0.4) is 0 Å². The van der Waals surface area contributed by atoms with Crippen LogP contribution in [0.25, 0.3) is 10.2 Å². The highest BCUT2D eigenvalue weighted by Gasteiger charge is 2.11. The fourth-order valence-electron chi connectivity index (χ4n) is 2.89. The number of para-hydroxylation sites is 1. The van der Waals surface area contributed by atoms with Crippen LogP contribution in [0.1, 0.15) is 49.3 Å². The highest BCUT2D eigenvalue weighted by molar-refractivity contribution is 7.22. The number of hydrazone groups is 1. The van der Waals surface area contributed by atoms with Crippen LogP contribution in [-0.2, 0) is 0 Å². The number of anilines is 1. The van der Waals surface area contributed by atoms with Crippen molar-refractivity contribution in [2.75, 3.05) is 11.6 Å². The Morgan fingerprint density at radius 2 is 1.92 bits per heavy atom. The Kier molecular flexibility index (Phi) is 6.40. The molecule has 0 saturated heterocycles. The summed E-state index contributed by atoms with van der Waals surface area (Å²) >= 11 is 1.71. The lowest BCUT2D eigenvalue weighted by atomic mass is 10.1. The second-order valence-electron chi connectivity index (χ2n) is 6.75. The minimum Gasteiger partial charge on any atom is -0.239 e. The first-order valence-corrected chi connectivity index (χ1v) is 10.2. The van der Waals surface area contributed by atoms with Crippen LogP contribution in [0.5, 0.6) is 0 Å². The lowest BCUT2D eigenvalue weighted by Crippen LogP contribution is -2.18. The molecule has 136 valence electrons. The van der Waals surface area contributed by atoms with Gasteiger partial charge in [0.15, 0.2) is 0 Å². The first-order valence-electron chi connectivity index (χ1n) is 9.41. The zero-order chi connectivity index (χ0) is 18.4. The molecule has 0 fully saturated rings. The van der Waals surface area contributed by atoms with Gasteiger partial charge in [-0.2, -0.15) is 5.10 Å². The largest absolute Gasteiger partial charge is 0.239 e. The van der Waals surface area contributed by atoms with Crippen molar-refractivity contribution in [3.05, 3.63) is 59.2 Å². The number of benzene rings is 2. The number of hydrogen-bond acceptors (Lipinski definition) is 4. The summed E-state index contributed by atoms with van der Waals surface area (Å²) < 4.78 is 1.21. The van der Waals surface area contributed by atoms with E-state index in [1.54, 1.807) is 11.3 Å². The van der Waals surface area contributed by atoms with Gasteiger partial charge < -0.3 is 0 Å². The minimum atomic E-state index is 0.904. The van der Waals surface area contributed by atoms with Crippen molar-refractivity contribution in [3.63, 3.8) is 0 Å². The molecular formula is C22H27N3S. The van der Waals surface area contributed by atoms with Crippen LogP contribution < -0.4 is 5.01 Å². The fourth-order valence-corrected chi connectivity index (χ4v) is 3.84. The standard InChI is InChI=1S/C22H27N3S/c1-4-5-6-9-14-25(22-24-20-10-7-8-11-21(20)26-22)23-16-19-15-17(2)12-13-18(19)3/h7-8,10-13,15-16H,4-6,9,14H2,1-3H3/b23-16+. The van der Waals surface area contributed by atoms with E-state index in [0.717, 1.165) is 23.6 Å². The molecule has 0 radical (unpaired) electrons. The van der Waals surface area contributed by atoms with Gasteiger partial charge in [0.1, 0.15) is 0 Å². The molecule has 0 atom stereocenters. The monoisotopic (exact) mass is 365 g/mol. The van der Waals surface area contributed by atoms with Crippen LogP contribution in [0.4, 0.5) is 5.13 Å². The lowest BCUT2D eigenvalue weighted by Gasteiger charge is -2.16. The van der Waals surface area contributed by atoms with Crippen LogP contribution in [-0.4, -0.2) is 17.7 Å². The molecule has 3 nitrogen and oxygen atoms in total. The van der Waals surface area contributed by atoms with Gasteiger partial charge in [-0.1, -0.05) is 73.4 Å². The summed E-state index contributed by atoms with van der Waals surface area (Å²) in [5.41, 5.74) is 4.72. The molecule has 0 aliphatic rings. The number of thiazole rings is 1. The summed E-state index contributed by atoms with van der Waals surface area (Å²) in [5.74, 6) is 0. The molecule has 0 aliphatic heterocycles. The average molecular weight is 366 g/mol. The number of fused-ring (bicyclic) bond motifs is 1. The summed E-state index contributed by atoms with van der Waals surface area (Å²) in [6.45, 7) is 7.39. The van der Waals surface area contributed by atoms with Crippen LogP contribution in [0.2, 0.25) is 0 Å². The molecule has 2 aromatic carbocycles. The van der Waals surface area contributed by atoms with Crippen molar-refractivity contribution in [2.45, 2.75) is 46.5 Å². The lowest BCUT2D eigenvalue weighted by molar-refractivity contribution is 0.651. The molecule has 0 spiro atoms. The van der Waals surface area contributed by atoms with Gasteiger partial charge in [-0.05, 0) is 43.5 Å². The van der Waals surface area contributed by atoms with Gasteiger partial charge in [0.2, 0.25) is 5.13 Å². The van der Waals surface area contributed by atoms with Gasteiger partial charge in [-0.3, -0.25) is 0 Å². The molecular weight excluding hydrogens is 338 g/mol. The minimum absolute atomic E-state index is 0.904. The highest BCUT2D eigenvalue weighted by atomic mass is 32.1. The van der Waals surface area contributed by atoms with E-state index in [1.165, 1.54) is 40.7 Å². The van der Waals surface area contributed by atoms with Gasteiger partial charge in [-0.15, -0.1) is 0 Å². The van der Waals surface area contributed by atoms with Gasteiger partial charge >= 0.3 is 0 Å². The van der Waals surface area contributed by atoms with E-state index >= 15 is 0 Å². The predicted octanol–water partition coefficient (Wildman–Crippen LogP) is 6.33. The molecule has 3 rings (SSSR count). The van der Waals surface area contributed by atoms with Crippen molar-refractivity contribution in [1.82, 2.24) is 4.98 Å². The molecule has 0 aliphatic carbocycles. The molecule has 26 heavy (non-hydrogen) atoms. The smallest absolute Gasteiger partial charge is 0.207 e. The van der Waals surface area contributed by atoms with Gasteiger partial charge in [-0.25, -0.2) is 9.99 Å². The van der Waals surface area contributed by atoms with E-state index in [2.05, 4.69) is 62.2 Å². The average Bonchev–Trinajstić information content (AvgIpc) is 3.07. The Balaban J connectivity index is 1.84. The zero-order valence-electron chi connectivity index (χ0n) is 15.9. The third kappa shape index (κ3) is 4.70. The van der Waals surface area contributed by atoms with Crippen molar-refractivity contribution in [2.24, 2.45) is 5.10 Å². The Bertz CT molecular complexity index is 849. The third-order valence-corrected chi connectivity index (χ3v) is 5.55. The maximum absolute atomic E-state index is 4.82. The summed E-state index contributed by atoms with van der Waals surface area (Å²) in [4.78, 5) is 4.79. The first-order chi connectivity index (χ1) is 12.7. The molecule has 0 unspecified atom stereocenters. The first kappa shape index (κ1) is 18.6. The SMILES string of the molecule is CCCCCCN(/N=C/c1cc(C)ccc1C)c1nc2ccccc2s1. The molecule has 3 aromatic rings. The van der Waals surface area contributed by atoms with E-state index in [0.29, 0.717) is 0 Å². The number of hydrogen-bond donors (Lipinski definition) is 0. The second-order valence-corrected chi connectivity index (χ2v) is 7.76. The number of rotatable bonds is 8. The molecule has 0 saturated carbocycles. The van der Waals surface area contributed by atoms with E-state index in [9.17, 15) is 0 Å². The maximum Gasteiger partial charge on any atom is 0.207 e. The Morgan fingerprint density at radius 3 is 2.73 bits per heavy atom. The topological polar surface area (TPSA) is 28.5 Å². The van der Waals surface area contributed by atoms with Crippen molar-refractivity contribution in [3.8, 4) is 0 Å². The molecule has 4 heteroatoms. The normalized spacial score (nSPS) is 11.5. The zero-order valence-corrected chi connectivity index (χ0v) is 16.7. The van der Waals surface area contributed by atoms with E-state index in [1.807, 2.05) is 12.3 Å². The van der Waals surface area contributed by atoms with E-state index < -0.39 is 0 Å². The molecule has 1 heterocycles. The second kappa shape index (κ2) is 8.95. The number of unbranched alkanes of at least 4 members (excludes halogenated alkanes) is 3. The Morgan fingerprint density at radius 1 is 1.08 bits per heavy atom. The van der Waals surface area contributed by atoms with Gasteiger partial charge in [0.25, 0.3) is 0 Å². The molecule has 0 amide bonds. The maximum atomic E-state index is 4.82. The van der Waals surface area contributed by atoms with Gasteiger partial charge in [0.05, 0.1) is 16.4 Å².